The molecule has 4 rings (SSSR count). The molecule has 3 saturated carbocycles. The van der Waals surface area contributed by atoms with E-state index in [-0.39, 0.29) is 29.3 Å². The summed E-state index contributed by atoms with van der Waals surface area (Å²) >= 11 is 0. The smallest absolute Gasteiger partial charge is 0.163 e. The number of hydrogen-bond acceptors (Lipinski definition) is 3. The average molecular weight is 312 g/mol. The fourth-order valence-corrected chi connectivity index (χ4v) is 6.31. The lowest BCUT2D eigenvalue weighted by atomic mass is 9.50. The molecule has 0 spiro atoms. The fraction of sp³-hybridized carbons (Fsp3) is 0.700. The molecular weight excluding hydrogens is 288 g/mol. The normalized spacial score (nSPS) is 48.8. The summed E-state index contributed by atoms with van der Waals surface area (Å²) in [5.41, 5.74) is -0.149. The number of fused-ring (bicyclic) bond motifs is 5. The van der Waals surface area contributed by atoms with Crippen molar-refractivity contribution in [3.8, 4) is 12.3 Å². The maximum atomic E-state index is 12.5. The van der Waals surface area contributed by atoms with Crippen LogP contribution in [0.3, 0.4) is 0 Å². The Labute approximate surface area is 137 Å². The predicted octanol–water partition coefficient (Wildman–Crippen LogP) is 2.67. The summed E-state index contributed by atoms with van der Waals surface area (Å²) in [5, 5.41) is 10.9. The van der Waals surface area contributed by atoms with Crippen molar-refractivity contribution >= 4 is 11.6 Å². The standard InChI is InChI=1S/C20H24O3/c1-3-20(23)9-7-16-14-5-4-12-10-13(21)11-17(22)18(12)15(14)6-8-19(16,20)2/h1,10,14-16,18,23H,4-9,11H2,2H3/t14-,15+,16+,18+,19+,20+/m1/s1. The molecule has 4 aliphatic carbocycles. The topological polar surface area (TPSA) is 54.4 Å². The predicted molar refractivity (Wildman–Crippen MR) is 86.3 cm³/mol. The molecule has 1 N–H and O–H groups in total. The molecule has 0 aromatic heterocycles. The van der Waals surface area contributed by atoms with Gasteiger partial charge >= 0.3 is 0 Å². The van der Waals surface area contributed by atoms with Crippen LogP contribution >= 0.6 is 0 Å². The monoisotopic (exact) mass is 312 g/mol. The van der Waals surface area contributed by atoms with Gasteiger partial charge in [0, 0.05) is 11.3 Å². The van der Waals surface area contributed by atoms with Crippen LogP contribution in [0.1, 0.15) is 51.9 Å². The highest BCUT2D eigenvalue weighted by Gasteiger charge is 2.62. The third kappa shape index (κ3) is 1.88. The van der Waals surface area contributed by atoms with E-state index in [1.165, 1.54) is 0 Å². The Kier molecular flexibility index (Phi) is 3.16. The van der Waals surface area contributed by atoms with Crippen LogP contribution in [0.5, 0.6) is 0 Å². The molecule has 0 aliphatic heterocycles. The van der Waals surface area contributed by atoms with Crippen molar-refractivity contribution < 1.29 is 14.7 Å². The van der Waals surface area contributed by atoms with Gasteiger partial charge in [0.1, 0.15) is 11.4 Å². The van der Waals surface area contributed by atoms with Crippen LogP contribution in [0.15, 0.2) is 11.6 Å². The van der Waals surface area contributed by atoms with E-state index in [0.29, 0.717) is 24.2 Å². The Morgan fingerprint density at radius 1 is 1.22 bits per heavy atom. The Hall–Kier alpha value is -1.40. The number of carbonyl (C=O) groups is 2. The molecule has 0 aromatic rings. The fourth-order valence-electron chi connectivity index (χ4n) is 6.31. The van der Waals surface area contributed by atoms with Crippen molar-refractivity contribution in [3.05, 3.63) is 11.6 Å². The third-order valence-electron chi connectivity index (χ3n) is 7.52. The number of aliphatic hydroxyl groups is 1. The average Bonchev–Trinajstić information content (AvgIpc) is 2.79. The Balaban J connectivity index is 1.69. The van der Waals surface area contributed by atoms with Gasteiger partial charge in [-0.2, -0.15) is 0 Å². The largest absolute Gasteiger partial charge is 0.377 e. The van der Waals surface area contributed by atoms with Crippen molar-refractivity contribution in [2.75, 3.05) is 0 Å². The van der Waals surface area contributed by atoms with E-state index in [4.69, 9.17) is 6.42 Å². The maximum absolute atomic E-state index is 12.5. The molecule has 0 saturated heterocycles. The summed E-state index contributed by atoms with van der Waals surface area (Å²) in [6.07, 6.45) is 12.8. The zero-order valence-corrected chi connectivity index (χ0v) is 13.7. The summed E-state index contributed by atoms with van der Waals surface area (Å²) in [7, 11) is 0. The SMILES string of the molecule is C#C[C@]1(O)CC[C@H]2[C@@H]3CCC4=CC(=O)CC(=O)[C@@H]4[C@H]3CC[C@@]21C. The maximum Gasteiger partial charge on any atom is 0.163 e. The van der Waals surface area contributed by atoms with Crippen molar-refractivity contribution in [3.63, 3.8) is 0 Å². The van der Waals surface area contributed by atoms with Crippen molar-refractivity contribution in [2.45, 2.75) is 57.5 Å². The highest BCUT2D eigenvalue weighted by Crippen LogP contribution is 2.64. The lowest BCUT2D eigenvalue weighted by molar-refractivity contribution is -0.134. The van der Waals surface area contributed by atoms with E-state index >= 15 is 0 Å². The lowest BCUT2D eigenvalue weighted by Crippen LogP contribution is -2.53. The number of ketones is 2. The second-order valence-electron chi connectivity index (χ2n) is 8.28. The molecule has 23 heavy (non-hydrogen) atoms. The number of Topliss-reactive ketones (excluding diaryl/α,β-unsaturated/α-hetero) is 1. The highest BCUT2D eigenvalue weighted by atomic mass is 16.3. The van der Waals surface area contributed by atoms with E-state index in [9.17, 15) is 14.7 Å². The van der Waals surface area contributed by atoms with Gasteiger partial charge in [0.15, 0.2) is 5.78 Å². The van der Waals surface area contributed by atoms with Gasteiger partial charge in [0.2, 0.25) is 0 Å². The van der Waals surface area contributed by atoms with Crippen molar-refractivity contribution in [2.24, 2.45) is 29.1 Å². The zero-order valence-electron chi connectivity index (χ0n) is 13.7. The van der Waals surface area contributed by atoms with Gasteiger partial charge in [-0.1, -0.05) is 18.4 Å². The van der Waals surface area contributed by atoms with E-state index in [2.05, 4.69) is 12.8 Å². The van der Waals surface area contributed by atoms with Gasteiger partial charge < -0.3 is 5.11 Å². The van der Waals surface area contributed by atoms with Crippen molar-refractivity contribution in [1.82, 2.24) is 0 Å². The second kappa shape index (κ2) is 4.80. The summed E-state index contributed by atoms with van der Waals surface area (Å²) in [5.74, 6) is 3.92. The summed E-state index contributed by atoms with van der Waals surface area (Å²) in [6.45, 7) is 2.15. The van der Waals surface area contributed by atoms with Gasteiger partial charge in [-0.15, -0.1) is 6.42 Å². The van der Waals surface area contributed by atoms with Crippen LogP contribution < -0.4 is 0 Å². The van der Waals surface area contributed by atoms with Gasteiger partial charge in [-0.05, 0) is 62.4 Å². The number of terminal acetylenes is 1. The third-order valence-corrected chi connectivity index (χ3v) is 7.52. The minimum absolute atomic E-state index is 0.0251. The first-order chi connectivity index (χ1) is 10.9. The molecule has 3 heteroatoms. The summed E-state index contributed by atoms with van der Waals surface area (Å²) in [6, 6.07) is 0. The number of hydrogen-bond donors (Lipinski definition) is 1. The molecule has 0 radical (unpaired) electrons. The van der Waals surface area contributed by atoms with E-state index < -0.39 is 5.60 Å². The zero-order chi connectivity index (χ0) is 16.4. The molecule has 3 nitrogen and oxygen atoms in total. The first kappa shape index (κ1) is 15.1. The number of carbonyl (C=O) groups excluding carboxylic acids is 2. The van der Waals surface area contributed by atoms with E-state index in [0.717, 1.165) is 37.7 Å². The minimum atomic E-state index is -0.995. The van der Waals surface area contributed by atoms with Gasteiger partial charge in [-0.3, -0.25) is 9.59 Å². The Morgan fingerprint density at radius 3 is 2.74 bits per heavy atom. The second-order valence-corrected chi connectivity index (χ2v) is 8.28. The van der Waals surface area contributed by atoms with Crippen LogP contribution in [0.4, 0.5) is 0 Å². The van der Waals surface area contributed by atoms with Gasteiger partial charge in [0.05, 0.1) is 6.42 Å². The Morgan fingerprint density at radius 2 is 2.00 bits per heavy atom. The van der Waals surface area contributed by atoms with E-state index in [1.54, 1.807) is 6.08 Å². The van der Waals surface area contributed by atoms with Crippen molar-refractivity contribution in [1.29, 1.82) is 0 Å². The molecule has 0 aromatic carbocycles. The first-order valence-electron chi connectivity index (χ1n) is 8.86. The molecule has 4 aliphatic rings. The molecule has 3 fully saturated rings. The van der Waals surface area contributed by atoms with Crippen LogP contribution in [0.25, 0.3) is 0 Å². The van der Waals surface area contributed by atoms with Crippen LogP contribution in [0, 0.1) is 41.4 Å². The molecule has 0 heterocycles. The molecule has 0 bridgehead atoms. The van der Waals surface area contributed by atoms with Crippen LogP contribution in [-0.2, 0) is 9.59 Å². The van der Waals surface area contributed by atoms with Crippen LogP contribution in [0.2, 0.25) is 0 Å². The van der Waals surface area contributed by atoms with Gasteiger partial charge in [0.25, 0.3) is 0 Å². The number of rotatable bonds is 0. The molecule has 122 valence electrons. The molecule has 0 unspecified atom stereocenters. The first-order valence-corrected chi connectivity index (χ1v) is 8.86. The quantitative estimate of drug-likeness (QED) is 0.553. The van der Waals surface area contributed by atoms with Crippen LogP contribution in [-0.4, -0.2) is 22.3 Å². The Bertz CT molecular complexity index is 654. The van der Waals surface area contributed by atoms with E-state index in [1.807, 2.05) is 0 Å². The summed E-state index contributed by atoms with van der Waals surface area (Å²) in [4.78, 5) is 24.2. The molecule has 0 amide bonds. The molecule has 6 atom stereocenters. The molecular formula is C20H24O3. The lowest BCUT2D eigenvalue weighted by Gasteiger charge is -2.54. The highest BCUT2D eigenvalue weighted by molar-refractivity contribution is 6.09. The number of allylic oxidation sites excluding steroid dienone is 1. The minimum Gasteiger partial charge on any atom is -0.377 e. The van der Waals surface area contributed by atoms with Gasteiger partial charge in [-0.25, -0.2) is 0 Å². The summed E-state index contributed by atoms with van der Waals surface area (Å²) < 4.78 is 0.